The number of amides is 1. The average Bonchev–Trinajstić information content (AvgIpc) is 2.98. The van der Waals surface area contributed by atoms with Crippen molar-refractivity contribution < 1.29 is 4.79 Å². The molecule has 1 heterocycles. The number of benzene rings is 1. The molecule has 1 aromatic carbocycles. The van der Waals surface area contributed by atoms with Gasteiger partial charge < -0.3 is 5.32 Å². The Bertz CT molecular complexity index is 660. The Morgan fingerprint density at radius 3 is 2.86 bits per heavy atom. The Morgan fingerprint density at radius 2 is 2.10 bits per heavy atom. The molecule has 2 aromatic rings. The number of aryl methyl sites for hydroxylation is 1. The molecule has 0 spiro atoms. The van der Waals surface area contributed by atoms with E-state index in [1.807, 2.05) is 26.0 Å². The summed E-state index contributed by atoms with van der Waals surface area (Å²) < 4.78 is 0. The third kappa shape index (κ3) is 2.82. The van der Waals surface area contributed by atoms with E-state index in [4.69, 9.17) is 0 Å². The minimum Gasteiger partial charge on any atom is -0.319 e. The number of aromatic nitrogens is 3. The minimum atomic E-state index is -0.253. The number of nitrogens with zero attached hydrogens (tertiary/aromatic N) is 2. The van der Waals surface area contributed by atoms with Gasteiger partial charge in [0.05, 0.1) is 0 Å². The van der Waals surface area contributed by atoms with Crippen LogP contribution < -0.4 is 5.32 Å². The van der Waals surface area contributed by atoms with Crippen molar-refractivity contribution in [2.45, 2.75) is 45.4 Å². The molecule has 0 bridgehead atoms. The second kappa shape index (κ2) is 5.68. The molecule has 0 radical (unpaired) electrons. The first-order chi connectivity index (χ1) is 10.1. The number of hydrogen-bond acceptors (Lipinski definition) is 3. The molecule has 1 aliphatic rings. The molecule has 0 saturated carbocycles. The third-order valence-corrected chi connectivity index (χ3v) is 3.90. The van der Waals surface area contributed by atoms with Crippen molar-refractivity contribution in [3.63, 3.8) is 0 Å². The number of aromatic amines is 1. The molecule has 3 rings (SSSR count). The molecule has 1 aromatic heterocycles. The summed E-state index contributed by atoms with van der Waals surface area (Å²) in [6.07, 6.45) is 4.52. The first-order valence-electron chi connectivity index (χ1n) is 7.49. The number of anilines is 1. The van der Waals surface area contributed by atoms with Gasteiger partial charge in [0.1, 0.15) is 5.82 Å². The molecule has 0 atom stereocenters. The van der Waals surface area contributed by atoms with Crippen LogP contribution in [0.25, 0.3) is 0 Å². The minimum absolute atomic E-state index is 0.201. The van der Waals surface area contributed by atoms with Gasteiger partial charge in [-0.15, -0.1) is 5.10 Å². The summed E-state index contributed by atoms with van der Waals surface area (Å²) in [5, 5.41) is 9.76. The van der Waals surface area contributed by atoms with Crippen LogP contribution in [-0.2, 0) is 12.8 Å². The SMILES string of the molecule is CC(C)c1nc(C(=O)Nc2cccc3c2CCCC3)n[nH]1. The van der Waals surface area contributed by atoms with Crippen molar-refractivity contribution in [2.75, 3.05) is 5.32 Å². The highest BCUT2D eigenvalue weighted by Gasteiger charge is 2.18. The standard InChI is InChI=1S/C16H20N4O/c1-10(2)14-18-15(20-19-14)16(21)17-13-9-5-7-11-6-3-4-8-12(11)13/h5,7,9-10H,3-4,6,8H2,1-2H3,(H,17,21)(H,18,19,20). The average molecular weight is 284 g/mol. The van der Waals surface area contributed by atoms with Gasteiger partial charge in [-0.05, 0) is 42.9 Å². The van der Waals surface area contributed by atoms with E-state index in [0.29, 0.717) is 0 Å². The fourth-order valence-electron chi connectivity index (χ4n) is 2.71. The van der Waals surface area contributed by atoms with Crippen molar-refractivity contribution in [2.24, 2.45) is 0 Å². The highest BCUT2D eigenvalue weighted by Crippen LogP contribution is 2.28. The van der Waals surface area contributed by atoms with E-state index in [9.17, 15) is 4.79 Å². The smallest absolute Gasteiger partial charge is 0.295 e. The lowest BCUT2D eigenvalue weighted by Crippen LogP contribution is -2.16. The molecule has 1 aliphatic carbocycles. The van der Waals surface area contributed by atoms with Crippen LogP contribution in [0.5, 0.6) is 0 Å². The molecular weight excluding hydrogens is 264 g/mol. The molecule has 0 saturated heterocycles. The quantitative estimate of drug-likeness (QED) is 0.910. The second-order valence-corrected chi connectivity index (χ2v) is 5.80. The van der Waals surface area contributed by atoms with Gasteiger partial charge in [-0.2, -0.15) is 0 Å². The summed E-state index contributed by atoms with van der Waals surface area (Å²) in [6.45, 7) is 4.02. The van der Waals surface area contributed by atoms with E-state index in [1.165, 1.54) is 24.0 Å². The summed E-state index contributed by atoms with van der Waals surface area (Å²) in [5.74, 6) is 0.906. The predicted octanol–water partition coefficient (Wildman–Crippen LogP) is 3.06. The largest absolute Gasteiger partial charge is 0.319 e. The van der Waals surface area contributed by atoms with Gasteiger partial charge in [0, 0.05) is 11.6 Å². The number of carbonyl (C=O) groups excluding carboxylic acids is 1. The van der Waals surface area contributed by atoms with Gasteiger partial charge in [-0.25, -0.2) is 4.98 Å². The van der Waals surface area contributed by atoms with Crippen LogP contribution in [0.3, 0.4) is 0 Å². The fourth-order valence-corrected chi connectivity index (χ4v) is 2.71. The summed E-state index contributed by atoms with van der Waals surface area (Å²) >= 11 is 0. The normalized spacial score (nSPS) is 14.0. The first kappa shape index (κ1) is 13.8. The first-order valence-corrected chi connectivity index (χ1v) is 7.49. The van der Waals surface area contributed by atoms with Gasteiger partial charge >= 0.3 is 0 Å². The van der Waals surface area contributed by atoms with Crippen LogP contribution in [0.4, 0.5) is 5.69 Å². The molecule has 5 nitrogen and oxygen atoms in total. The van der Waals surface area contributed by atoms with E-state index in [1.54, 1.807) is 0 Å². The zero-order chi connectivity index (χ0) is 14.8. The van der Waals surface area contributed by atoms with Crippen molar-refractivity contribution in [1.29, 1.82) is 0 Å². The number of carbonyl (C=O) groups is 1. The molecule has 110 valence electrons. The molecule has 21 heavy (non-hydrogen) atoms. The van der Waals surface area contributed by atoms with Crippen molar-refractivity contribution in [1.82, 2.24) is 15.2 Å². The lowest BCUT2D eigenvalue weighted by molar-refractivity contribution is 0.101. The maximum absolute atomic E-state index is 12.3. The number of rotatable bonds is 3. The lowest BCUT2D eigenvalue weighted by Gasteiger charge is -2.19. The number of hydrogen-bond donors (Lipinski definition) is 2. The third-order valence-electron chi connectivity index (χ3n) is 3.90. The highest BCUT2D eigenvalue weighted by molar-refractivity contribution is 6.02. The number of H-pyrrole nitrogens is 1. The highest BCUT2D eigenvalue weighted by atomic mass is 16.2. The fraction of sp³-hybridized carbons (Fsp3) is 0.438. The van der Waals surface area contributed by atoms with Gasteiger partial charge in [0.2, 0.25) is 5.82 Å². The van der Waals surface area contributed by atoms with Gasteiger partial charge in [0.25, 0.3) is 5.91 Å². The maximum Gasteiger partial charge on any atom is 0.295 e. The Hall–Kier alpha value is -2.17. The molecular formula is C16H20N4O. The summed E-state index contributed by atoms with van der Waals surface area (Å²) in [5.41, 5.74) is 3.50. The Morgan fingerprint density at radius 1 is 1.29 bits per heavy atom. The van der Waals surface area contributed by atoms with E-state index >= 15 is 0 Å². The van der Waals surface area contributed by atoms with E-state index < -0.39 is 0 Å². The van der Waals surface area contributed by atoms with Gasteiger partial charge in [-0.3, -0.25) is 9.89 Å². The number of nitrogens with one attached hydrogen (secondary N) is 2. The van der Waals surface area contributed by atoms with Crippen molar-refractivity contribution in [3.05, 3.63) is 41.0 Å². The Balaban J connectivity index is 1.81. The van der Waals surface area contributed by atoms with Crippen molar-refractivity contribution in [3.8, 4) is 0 Å². The topological polar surface area (TPSA) is 70.7 Å². The zero-order valence-electron chi connectivity index (χ0n) is 12.4. The van der Waals surface area contributed by atoms with Gasteiger partial charge in [0.15, 0.2) is 0 Å². The summed E-state index contributed by atoms with van der Waals surface area (Å²) in [6, 6.07) is 6.10. The van der Waals surface area contributed by atoms with Crippen LogP contribution in [-0.4, -0.2) is 21.1 Å². The van der Waals surface area contributed by atoms with Gasteiger partial charge in [-0.1, -0.05) is 26.0 Å². The molecule has 1 amide bonds. The summed E-state index contributed by atoms with van der Waals surface area (Å²) in [4.78, 5) is 16.5. The van der Waals surface area contributed by atoms with E-state index in [2.05, 4.69) is 26.6 Å². The Labute approximate surface area is 124 Å². The zero-order valence-corrected chi connectivity index (χ0v) is 12.4. The molecule has 2 N–H and O–H groups in total. The Kier molecular flexibility index (Phi) is 3.73. The molecule has 0 aliphatic heterocycles. The number of fused-ring (bicyclic) bond motifs is 1. The van der Waals surface area contributed by atoms with Crippen LogP contribution in [0.1, 0.15) is 60.2 Å². The molecule has 0 fully saturated rings. The summed E-state index contributed by atoms with van der Waals surface area (Å²) in [7, 11) is 0. The lowest BCUT2D eigenvalue weighted by atomic mass is 9.90. The monoisotopic (exact) mass is 284 g/mol. The van der Waals surface area contributed by atoms with Crippen LogP contribution >= 0.6 is 0 Å². The van der Waals surface area contributed by atoms with Crippen LogP contribution in [0, 0.1) is 0 Å². The van der Waals surface area contributed by atoms with Crippen LogP contribution in [0.2, 0.25) is 0 Å². The van der Waals surface area contributed by atoms with E-state index in [0.717, 1.165) is 24.4 Å². The second-order valence-electron chi connectivity index (χ2n) is 5.80. The maximum atomic E-state index is 12.3. The predicted molar refractivity (Wildman–Crippen MR) is 81.5 cm³/mol. The molecule has 0 unspecified atom stereocenters. The van der Waals surface area contributed by atoms with Crippen molar-refractivity contribution >= 4 is 11.6 Å². The molecule has 5 heteroatoms. The van der Waals surface area contributed by atoms with Crippen LogP contribution in [0.15, 0.2) is 18.2 Å². The van der Waals surface area contributed by atoms with E-state index in [-0.39, 0.29) is 17.6 Å².